The number of hydrogen-bond acceptors (Lipinski definition) is 24. The van der Waals surface area contributed by atoms with Crippen LogP contribution < -0.4 is 0 Å². The second kappa shape index (κ2) is 21.7. The zero-order valence-electron chi connectivity index (χ0n) is 37.6. The van der Waals surface area contributed by atoms with Crippen LogP contribution in [0.4, 0.5) is 0 Å². The number of phenols is 2. The summed E-state index contributed by atoms with van der Waals surface area (Å²) in [5.74, 6) is -11.2. The average molecular weight is 971 g/mol. The summed E-state index contributed by atoms with van der Waals surface area (Å²) in [5.41, 5.74) is -5.76. The number of esters is 8. The molecular weight excluding hydrogens is 921 g/mol. The molecule has 1 aromatic carbocycles. The molecule has 22 nitrogen and oxygen atoms in total. The summed E-state index contributed by atoms with van der Waals surface area (Å²) in [6, 6.07) is 1.09. The highest BCUT2D eigenvalue weighted by atomic mass is 32.2. The van der Waals surface area contributed by atoms with E-state index in [0.717, 1.165) is 61.5 Å². The molecule has 24 heteroatoms. The number of aromatic hydroxyl groups is 2. The minimum Gasteiger partial charge on any atom is -0.507 e. The molecule has 362 valence electrons. The van der Waals surface area contributed by atoms with E-state index in [1.807, 2.05) is 0 Å². The molecule has 2 saturated heterocycles. The minimum atomic E-state index is -1.79. The molecule has 0 spiro atoms. The summed E-state index contributed by atoms with van der Waals surface area (Å²) in [7, 11) is 0. The topological polar surface area (TPSA) is 303 Å². The highest BCUT2D eigenvalue weighted by molar-refractivity contribution is 8.08. The van der Waals surface area contributed by atoms with Crippen molar-refractivity contribution in [1.82, 2.24) is 0 Å². The third kappa shape index (κ3) is 12.8. The molecule has 0 aromatic heterocycles. The average Bonchev–Trinajstić information content (AvgIpc) is 3.17. The van der Waals surface area contributed by atoms with Gasteiger partial charge in [-0.25, -0.2) is 0 Å². The van der Waals surface area contributed by atoms with Crippen molar-refractivity contribution in [3.63, 3.8) is 0 Å². The summed E-state index contributed by atoms with van der Waals surface area (Å²) < 4.78 is 56.0. The maximum Gasteiger partial charge on any atom is 0.303 e. The van der Waals surface area contributed by atoms with Crippen molar-refractivity contribution in [2.75, 3.05) is 13.2 Å². The predicted molar refractivity (Wildman–Crippen MR) is 223 cm³/mol. The Labute approximate surface area is 385 Å². The number of ketones is 2. The number of rotatable bonds is 14. The number of ether oxygens (including phenoxy) is 10. The second-order valence-corrected chi connectivity index (χ2v) is 18.2. The highest BCUT2D eigenvalue weighted by Gasteiger charge is 2.56. The molecule has 4 rings (SSSR count). The molecule has 3 aliphatic rings. The first kappa shape index (κ1) is 52.9. The normalized spacial score (nSPS) is 26.2. The van der Waals surface area contributed by atoms with Gasteiger partial charge in [-0.1, -0.05) is 44.3 Å². The number of carbonyl (C=O) groups is 10. The van der Waals surface area contributed by atoms with Gasteiger partial charge in [0.1, 0.15) is 47.8 Å². The fraction of sp³-hybridized carbons (Fsp3) is 0.571. The van der Waals surface area contributed by atoms with Crippen LogP contribution >= 0.6 is 23.5 Å². The molecule has 10 atom stereocenters. The molecule has 66 heavy (non-hydrogen) atoms. The van der Waals surface area contributed by atoms with E-state index in [0.29, 0.717) is 23.5 Å². The van der Waals surface area contributed by atoms with Crippen LogP contribution in [-0.4, -0.2) is 142 Å². The van der Waals surface area contributed by atoms with Gasteiger partial charge in [0.05, 0.1) is 20.9 Å². The Hall–Kier alpha value is -5.72. The Morgan fingerprint density at radius 1 is 0.515 bits per heavy atom. The highest BCUT2D eigenvalue weighted by Crippen LogP contribution is 2.51. The van der Waals surface area contributed by atoms with Gasteiger partial charge >= 0.3 is 47.8 Å². The number of carbonyl (C=O) groups excluding carboxylic acids is 10. The monoisotopic (exact) mass is 970 g/mol. The van der Waals surface area contributed by atoms with Crippen molar-refractivity contribution >= 4 is 82.8 Å². The molecule has 2 aliphatic heterocycles. The Morgan fingerprint density at radius 3 is 1.15 bits per heavy atom. The van der Waals surface area contributed by atoms with E-state index in [-0.39, 0.29) is 5.56 Å². The van der Waals surface area contributed by atoms with Gasteiger partial charge in [0.2, 0.25) is 11.6 Å². The number of phenolic OH excluding ortho intramolecular Hbond substituents is 2. The fourth-order valence-electron chi connectivity index (χ4n) is 7.13. The molecule has 2 heterocycles. The minimum absolute atomic E-state index is 0.0345. The smallest absolute Gasteiger partial charge is 0.303 e. The lowest BCUT2D eigenvalue weighted by Crippen LogP contribution is -2.61. The van der Waals surface area contributed by atoms with Crippen LogP contribution in [0.25, 0.3) is 0 Å². The van der Waals surface area contributed by atoms with Crippen molar-refractivity contribution in [2.45, 2.75) is 141 Å². The summed E-state index contributed by atoms with van der Waals surface area (Å²) in [4.78, 5) is 128. The molecule has 1 aliphatic carbocycles. The van der Waals surface area contributed by atoms with E-state index in [2.05, 4.69) is 0 Å². The summed E-state index contributed by atoms with van der Waals surface area (Å²) in [6.45, 7) is 11.7. The van der Waals surface area contributed by atoms with E-state index in [9.17, 15) is 53.4 Å². The Balaban J connectivity index is 2.06. The van der Waals surface area contributed by atoms with Gasteiger partial charge in [0.25, 0.3) is 0 Å². The lowest BCUT2D eigenvalue weighted by Gasteiger charge is -2.45. The largest absolute Gasteiger partial charge is 0.507 e. The summed E-state index contributed by atoms with van der Waals surface area (Å²) in [6.07, 6.45) is -13.3. The van der Waals surface area contributed by atoms with E-state index >= 15 is 4.79 Å². The van der Waals surface area contributed by atoms with Crippen LogP contribution in [0.3, 0.4) is 0 Å². The predicted octanol–water partition coefficient (Wildman–Crippen LogP) is 2.62. The molecule has 0 saturated carbocycles. The molecule has 0 bridgehead atoms. The lowest BCUT2D eigenvalue weighted by molar-refractivity contribution is -0.237. The van der Waals surface area contributed by atoms with Gasteiger partial charge in [-0.05, 0) is 11.5 Å². The van der Waals surface area contributed by atoms with Crippen LogP contribution in [0.15, 0.2) is 15.9 Å². The number of benzene rings is 1. The van der Waals surface area contributed by atoms with Crippen molar-refractivity contribution in [1.29, 1.82) is 0 Å². The Morgan fingerprint density at radius 2 is 0.833 bits per heavy atom. The lowest BCUT2D eigenvalue weighted by atomic mass is 9.81. The van der Waals surface area contributed by atoms with Crippen LogP contribution in [-0.2, 0) is 91.1 Å². The van der Waals surface area contributed by atoms with E-state index < -0.39 is 170 Å². The molecular formula is C42H50O22S2. The van der Waals surface area contributed by atoms with Gasteiger partial charge in [0.15, 0.2) is 36.6 Å². The molecule has 1 aromatic rings. The number of Topliss-reactive ketones (excluding diaryl/α,β-unsaturated/α-hetero) is 2. The molecule has 0 radical (unpaired) electrons. The SMILES string of the molecule is CC(=O)OCC1OC(SC2=C(SC3OC(COC(C)=O)C(OC(C)=O)C(OC(C)=O)C3OC(C)=O)C(=O)c3c(O)c(C(C)(C)C)cc(O)c3C2=O)C(OC(C)=O)C(OC(C)=O)C1OC(C)=O. The Kier molecular flexibility index (Phi) is 17.4. The van der Waals surface area contributed by atoms with Crippen molar-refractivity contribution in [3.8, 4) is 11.5 Å². The maximum absolute atomic E-state index is 15.1. The standard InChI is InChI=1S/C42H50O22S2/c1-15(43)55-13-25-32(57-17(3)45)34(59-19(5)47)36(61-21(7)49)40(63-25)65-38-30(53)27-24(51)12-23(42(9,10)11)29(52)28(27)31(54)39(38)66-41-37(62-22(8)50)35(60-20(6)48)33(58-18(4)46)26(64-41)14-56-16(2)44/h12,25-26,32-37,40-41,51-52H,13-14H2,1-11H3. The molecule has 10 unspecified atom stereocenters. The van der Waals surface area contributed by atoms with Crippen LogP contribution in [0.5, 0.6) is 11.5 Å². The summed E-state index contributed by atoms with van der Waals surface area (Å²) in [5, 5.41) is 23.2. The van der Waals surface area contributed by atoms with Gasteiger partial charge in [-0.2, -0.15) is 0 Å². The van der Waals surface area contributed by atoms with E-state index in [1.165, 1.54) is 0 Å². The van der Waals surface area contributed by atoms with Crippen LogP contribution in [0.2, 0.25) is 0 Å². The number of hydrogen-bond donors (Lipinski definition) is 2. The number of allylic oxidation sites excluding steroid dienone is 2. The number of thioether (sulfide) groups is 2. The van der Waals surface area contributed by atoms with Crippen molar-refractivity contribution in [3.05, 3.63) is 32.6 Å². The van der Waals surface area contributed by atoms with Gasteiger partial charge in [0, 0.05) is 61.0 Å². The quantitative estimate of drug-likeness (QED) is 0.154. The third-order valence-corrected chi connectivity index (χ3v) is 12.1. The van der Waals surface area contributed by atoms with E-state index in [1.54, 1.807) is 20.8 Å². The second-order valence-electron chi connectivity index (χ2n) is 16.0. The van der Waals surface area contributed by atoms with Gasteiger partial charge in [-0.15, -0.1) is 0 Å². The van der Waals surface area contributed by atoms with Crippen molar-refractivity contribution in [2.24, 2.45) is 0 Å². The fourth-order valence-corrected chi connectivity index (χ4v) is 9.78. The zero-order chi connectivity index (χ0) is 49.7. The number of fused-ring (bicyclic) bond motifs is 1. The first-order chi connectivity index (χ1) is 30.6. The molecule has 2 N–H and O–H groups in total. The third-order valence-electron chi connectivity index (χ3n) is 9.52. The first-order valence-electron chi connectivity index (χ1n) is 20.0. The van der Waals surface area contributed by atoms with Gasteiger partial charge < -0.3 is 57.6 Å². The molecule has 0 amide bonds. The summed E-state index contributed by atoms with van der Waals surface area (Å²) >= 11 is 0.733. The zero-order valence-corrected chi connectivity index (χ0v) is 39.3. The van der Waals surface area contributed by atoms with Crippen LogP contribution in [0, 0.1) is 0 Å². The van der Waals surface area contributed by atoms with E-state index in [4.69, 9.17) is 47.4 Å². The van der Waals surface area contributed by atoms with Crippen LogP contribution in [0.1, 0.15) is 102 Å². The maximum atomic E-state index is 15.1. The van der Waals surface area contributed by atoms with Crippen molar-refractivity contribution < 1.29 is 106 Å². The Bertz CT molecular complexity index is 2190. The molecule has 2 fully saturated rings. The van der Waals surface area contributed by atoms with Gasteiger partial charge in [-0.3, -0.25) is 47.9 Å². The first-order valence-corrected chi connectivity index (χ1v) is 21.8.